The summed E-state index contributed by atoms with van der Waals surface area (Å²) < 4.78 is 1.89. The van der Waals surface area contributed by atoms with Gasteiger partial charge in [-0.2, -0.15) is 5.10 Å². The number of rotatable bonds is 4. The molecule has 0 atom stereocenters. The third-order valence-electron chi connectivity index (χ3n) is 4.12. The summed E-state index contributed by atoms with van der Waals surface area (Å²) in [5.41, 5.74) is 5.01. The number of hydrogen-bond acceptors (Lipinski definition) is 3. The molecule has 4 aromatic rings. The Morgan fingerprint density at radius 3 is 2.31 bits per heavy atom. The van der Waals surface area contributed by atoms with Crippen molar-refractivity contribution in [1.82, 2.24) is 14.8 Å². The van der Waals surface area contributed by atoms with Crippen LogP contribution in [0.1, 0.15) is 11.3 Å². The van der Waals surface area contributed by atoms with Gasteiger partial charge in [-0.15, -0.1) is 0 Å². The highest BCUT2D eigenvalue weighted by atomic mass is 15.3. The number of para-hydroxylation sites is 1. The summed E-state index contributed by atoms with van der Waals surface area (Å²) in [6, 6.07) is 24.2. The van der Waals surface area contributed by atoms with Crippen LogP contribution in [-0.4, -0.2) is 21.0 Å². The maximum atomic E-state index is 4.79. The third kappa shape index (κ3) is 3.17. The third-order valence-corrected chi connectivity index (χ3v) is 4.12. The summed E-state index contributed by atoms with van der Waals surface area (Å²) >= 11 is 0. The second kappa shape index (κ2) is 7.15. The molecule has 0 bridgehead atoms. The topological polar surface area (TPSA) is 43.1 Å². The Labute approximate surface area is 152 Å². The van der Waals surface area contributed by atoms with Crippen LogP contribution in [0.3, 0.4) is 0 Å². The van der Waals surface area contributed by atoms with Crippen molar-refractivity contribution >= 4 is 12.0 Å². The molecule has 0 saturated carbocycles. The van der Waals surface area contributed by atoms with Crippen LogP contribution in [0.4, 0.5) is 5.82 Å². The highest BCUT2D eigenvalue weighted by molar-refractivity contribution is 5.85. The fourth-order valence-electron chi connectivity index (χ4n) is 2.91. The number of pyridine rings is 1. The van der Waals surface area contributed by atoms with Crippen LogP contribution in [0.2, 0.25) is 0 Å². The number of aromatic nitrogens is 3. The number of aliphatic imine (C=N–C) groups is 1. The van der Waals surface area contributed by atoms with Crippen molar-refractivity contribution in [2.75, 3.05) is 0 Å². The van der Waals surface area contributed by atoms with E-state index in [4.69, 9.17) is 10.1 Å². The normalized spacial score (nSPS) is 11.1. The number of aryl methyl sites for hydroxylation is 1. The summed E-state index contributed by atoms with van der Waals surface area (Å²) in [6.45, 7) is 2.02. The van der Waals surface area contributed by atoms with Gasteiger partial charge in [-0.1, -0.05) is 54.6 Å². The Morgan fingerprint density at radius 1 is 0.885 bits per heavy atom. The molecule has 0 spiro atoms. The Balaban J connectivity index is 1.89. The van der Waals surface area contributed by atoms with Crippen LogP contribution in [-0.2, 0) is 0 Å². The fourth-order valence-corrected chi connectivity index (χ4v) is 2.91. The van der Waals surface area contributed by atoms with Gasteiger partial charge in [0.05, 0.1) is 11.4 Å². The molecule has 4 nitrogen and oxygen atoms in total. The van der Waals surface area contributed by atoms with Gasteiger partial charge in [0.1, 0.15) is 0 Å². The van der Waals surface area contributed by atoms with Gasteiger partial charge in [0.15, 0.2) is 5.82 Å². The highest BCUT2D eigenvalue weighted by Gasteiger charge is 2.17. The second-order valence-electron chi connectivity index (χ2n) is 5.94. The minimum Gasteiger partial charge on any atom is -0.264 e. The zero-order chi connectivity index (χ0) is 17.8. The molecule has 0 radical (unpaired) electrons. The molecule has 0 aliphatic heterocycles. The van der Waals surface area contributed by atoms with Gasteiger partial charge in [0, 0.05) is 29.7 Å². The van der Waals surface area contributed by atoms with Crippen molar-refractivity contribution in [3.05, 3.63) is 96.4 Å². The maximum absolute atomic E-state index is 4.79. The van der Waals surface area contributed by atoms with Gasteiger partial charge in [0.2, 0.25) is 0 Å². The van der Waals surface area contributed by atoms with Gasteiger partial charge in [-0.3, -0.25) is 4.98 Å². The molecule has 26 heavy (non-hydrogen) atoms. The van der Waals surface area contributed by atoms with Crippen molar-refractivity contribution < 1.29 is 0 Å². The monoisotopic (exact) mass is 338 g/mol. The smallest absolute Gasteiger partial charge is 0.163 e. The van der Waals surface area contributed by atoms with E-state index in [1.807, 2.05) is 78.5 Å². The first-order valence-electron chi connectivity index (χ1n) is 8.47. The molecular weight excluding hydrogens is 320 g/mol. The molecule has 126 valence electrons. The SMILES string of the molecule is Cc1nn(-c2ccccc2)c(N=Cc2cccnc2)c1-c1ccccc1. The van der Waals surface area contributed by atoms with Gasteiger partial charge in [-0.25, -0.2) is 9.67 Å². The molecule has 0 aliphatic carbocycles. The van der Waals surface area contributed by atoms with Gasteiger partial charge >= 0.3 is 0 Å². The number of hydrogen-bond donors (Lipinski definition) is 0. The summed E-state index contributed by atoms with van der Waals surface area (Å²) in [5, 5.41) is 4.76. The Hall–Kier alpha value is -3.53. The van der Waals surface area contributed by atoms with E-state index in [1.54, 1.807) is 12.4 Å². The predicted molar refractivity (Wildman–Crippen MR) is 105 cm³/mol. The predicted octanol–water partition coefficient (Wildman–Crippen LogP) is 4.99. The minimum atomic E-state index is 0.809. The van der Waals surface area contributed by atoms with E-state index in [1.165, 1.54) is 0 Å². The number of benzene rings is 2. The molecule has 4 rings (SSSR count). The van der Waals surface area contributed by atoms with E-state index >= 15 is 0 Å². The van der Waals surface area contributed by atoms with Crippen molar-refractivity contribution in [1.29, 1.82) is 0 Å². The van der Waals surface area contributed by atoms with Gasteiger partial charge in [-0.05, 0) is 30.7 Å². The van der Waals surface area contributed by atoms with Crippen molar-refractivity contribution in [3.63, 3.8) is 0 Å². The minimum absolute atomic E-state index is 0.809. The lowest BCUT2D eigenvalue weighted by Gasteiger charge is -2.06. The first kappa shape index (κ1) is 16.0. The average molecular weight is 338 g/mol. The summed E-state index contributed by atoms with van der Waals surface area (Å²) in [5.74, 6) is 0.809. The molecule has 0 amide bonds. The second-order valence-corrected chi connectivity index (χ2v) is 5.94. The van der Waals surface area contributed by atoms with Gasteiger partial charge in [0.25, 0.3) is 0 Å². The molecule has 0 saturated heterocycles. The van der Waals surface area contributed by atoms with Crippen molar-refractivity contribution in [2.45, 2.75) is 6.92 Å². The zero-order valence-electron chi connectivity index (χ0n) is 14.4. The highest BCUT2D eigenvalue weighted by Crippen LogP contribution is 2.35. The van der Waals surface area contributed by atoms with E-state index in [0.717, 1.165) is 33.9 Å². The van der Waals surface area contributed by atoms with E-state index in [-0.39, 0.29) is 0 Å². The lowest BCUT2D eigenvalue weighted by atomic mass is 10.1. The lowest BCUT2D eigenvalue weighted by molar-refractivity contribution is 0.863. The average Bonchev–Trinajstić information content (AvgIpc) is 3.04. The quantitative estimate of drug-likeness (QED) is 0.492. The maximum Gasteiger partial charge on any atom is 0.163 e. The Kier molecular flexibility index (Phi) is 4.39. The van der Waals surface area contributed by atoms with E-state index < -0.39 is 0 Å². The standard InChI is InChI=1S/C22H18N4/c1-17-21(19-10-4-2-5-11-19)22(24-16-18-9-8-14-23-15-18)26(25-17)20-12-6-3-7-13-20/h2-16H,1H3. The van der Waals surface area contributed by atoms with Crippen LogP contribution in [0.15, 0.2) is 90.2 Å². The van der Waals surface area contributed by atoms with Crippen LogP contribution >= 0.6 is 0 Å². The van der Waals surface area contributed by atoms with E-state index in [2.05, 4.69) is 17.1 Å². The number of nitrogens with zero attached hydrogens (tertiary/aromatic N) is 4. The van der Waals surface area contributed by atoms with Crippen molar-refractivity contribution in [2.24, 2.45) is 4.99 Å². The molecular formula is C22H18N4. The molecule has 2 heterocycles. The molecule has 0 fully saturated rings. The molecule has 0 unspecified atom stereocenters. The fraction of sp³-hybridized carbons (Fsp3) is 0.0455. The van der Waals surface area contributed by atoms with E-state index in [9.17, 15) is 0 Å². The first-order chi connectivity index (χ1) is 12.8. The largest absolute Gasteiger partial charge is 0.264 e. The van der Waals surface area contributed by atoms with Crippen LogP contribution in [0.25, 0.3) is 16.8 Å². The summed E-state index contributed by atoms with van der Waals surface area (Å²) in [7, 11) is 0. The molecule has 0 aliphatic rings. The van der Waals surface area contributed by atoms with Crippen LogP contribution in [0, 0.1) is 6.92 Å². The lowest BCUT2D eigenvalue weighted by Crippen LogP contribution is -1.96. The van der Waals surface area contributed by atoms with Crippen molar-refractivity contribution in [3.8, 4) is 16.8 Å². The first-order valence-corrected chi connectivity index (χ1v) is 8.47. The Bertz CT molecular complexity index is 1020. The summed E-state index contributed by atoms with van der Waals surface area (Å²) in [6.07, 6.45) is 5.38. The van der Waals surface area contributed by atoms with Crippen LogP contribution < -0.4 is 0 Å². The Morgan fingerprint density at radius 2 is 1.62 bits per heavy atom. The van der Waals surface area contributed by atoms with Crippen LogP contribution in [0.5, 0.6) is 0 Å². The molecule has 0 N–H and O–H groups in total. The molecule has 2 aromatic carbocycles. The molecule has 4 heteroatoms. The zero-order valence-corrected chi connectivity index (χ0v) is 14.4. The van der Waals surface area contributed by atoms with E-state index in [0.29, 0.717) is 0 Å². The van der Waals surface area contributed by atoms with Gasteiger partial charge < -0.3 is 0 Å². The summed E-state index contributed by atoms with van der Waals surface area (Å²) in [4.78, 5) is 8.94. The molecule has 2 aromatic heterocycles.